The van der Waals surface area contributed by atoms with Crippen molar-refractivity contribution in [3.63, 3.8) is 0 Å². The summed E-state index contributed by atoms with van der Waals surface area (Å²) in [6.45, 7) is 0.648. The first-order chi connectivity index (χ1) is 8.08. The van der Waals surface area contributed by atoms with Gasteiger partial charge in [0.15, 0.2) is 0 Å². The predicted molar refractivity (Wildman–Crippen MR) is 72.3 cm³/mol. The Labute approximate surface area is 114 Å². The molecule has 0 aliphatic heterocycles. The van der Waals surface area contributed by atoms with Crippen molar-refractivity contribution in [2.24, 2.45) is 5.92 Å². The van der Waals surface area contributed by atoms with E-state index in [9.17, 15) is 9.90 Å². The monoisotopic (exact) mass is 317 g/mol. The van der Waals surface area contributed by atoms with Crippen LogP contribution in [-0.4, -0.2) is 35.6 Å². The zero-order valence-corrected chi connectivity index (χ0v) is 12.1. The highest BCUT2D eigenvalue weighted by molar-refractivity contribution is 9.11. The molecule has 94 valence electrons. The summed E-state index contributed by atoms with van der Waals surface area (Å²) in [6, 6.07) is 3.72. The van der Waals surface area contributed by atoms with E-state index in [-0.39, 0.29) is 17.9 Å². The molecule has 2 rings (SSSR count). The normalized spacial score (nSPS) is 23.9. The van der Waals surface area contributed by atoms with Crippen molar-refractivity contribution in [1.29, 1.82) is 0 Å². The number of amides is 1. The van der Waals surface area contributed by atoms with Crippen LogP contribution in [0.3, 0.4) is 0 Å². The molecule has 1 N–H and O–H groups in total. The molecule has 0 aromatic carbocycles. The predicted octanol–water partition coefficient (Wildman–Crippen LogP) is 2.74. The quantitative estimate of drug-likeness (QED) is 0.931. The molecule has 1 saturated carbocycles. The number of aliphatic hydroxyl groups is 1. The molecule has 1 aliphatic carbocycles. The number of aliphatic hydroxyl groups excluding tert-OH is 1. The van der Waals surface area contributed by atoms with Gasteiger partial charge in [0.2, 0.25) is 0 Å². The molecule has 0 radical (unpaired) electrons. The highest BCUT2D eigenvalue weighted by atomic mass is 79.9. The highest BCUT2D eigenvalue weighted by Crippen LogP contribution is 2.27. The zero-order valence-electron chi connectivity index (χ0n) is 9.73. The van der Waals surface area contributed by atoms with Crippen molar-refractivity contribution < 1.29 is 9.90 Å². The van der Waals surface area contributed by atoms with E-state index in [1.165, 1.54) is 11.3 Å². The average Bonchev–Trinajstić information content (AvgIpc) is 2.88. The van der Waals surface area contributed by atoms with Gasteiger partial charge in [-0.05, 0) is 40.9 Å². The van der Waals surface area contributed by atoms with Crippen LogP contribution in [-0.2, 0) is 0 Å². The largest absolute Gasteiger partial charge is 0.393 e. The minimum atomic E-state index is -0.236. The molecule has 3 nitrogen and oxygen atoms in total. The van der Waals surface area contributed by atoms with Crippen LogP contribution in [0.5, 0.6) is 0 Å². The van der Waals surface area contributed by atoms with E-state index in [1.54, 1.807) is 11.9 Å². The molecule has 1 aromatic rings. The molecule has 1 aliphatic rings. The third-order valence-corrected chi connectivity index (χ3v) is 4.87. The van der Waals surface area contributed by atoms with Crippen LogP contribution in [0, 0.1) is 5.92 Å². The fraction of sp³-hybridized carbons (Fsp3) is 0.583. The molecule has 1 heterocycles. The topological polar surface area (TPSA) is 40.5 Å². The molecule has 1 fully saturated rings. The summed E-state index contributed by atoms with van der Waals surface area (Å²) in [5, 5.41) is 9.75. The number of halogens is 1. The first-order valence-electron chi connectivity index (χ1n) is 5.77. The van der Waals surface area contributed by atoms with Crippen molar-refractivity contribution >= 4 is 33.2 Å². The van der Waals surface area contributed by atoms with E-state index in [1.807, 2.05) is 12.1 Å². The van der Waals surface area contributed by atoms with Gasteiger partial charge in [-0.3, -0.25) is 4.79 Å². The van der Waals surface area contributed by atoms with Gasteiger partial charge in [-0.15, -0.1) is 11.3 Å². The van der Waals surface area contributed by atoms with E-state index >= 15 is 0 Å². The number of carbonyl (C=O) groups is 1. The molecular weight excluding hydrogens is 302 g/mol. The first-order valence-corrected chi connectivity index (χ1v) is 7.37. The van der Waals surface area contributed by atoms with Gasteiger partial charge in [0, 0.05) is 19.5 Å². The van der Waals surface area contributed by atoms with E-state index in [2.05, 4.69) is 15.9 Å². The van der Waals surface area contributed by atoms with Gasteiger partial charge in [0.25, 0.3) is 5.91 Å². The van der Waals surface area contributed by atoms with Crippen LogP contribution in [0.2, 0.25) is 0 Å². The smallest absolute Gasteiger partial charge is 0.263 e. The SMILES string of the molecule is CN(CC1CCCC1O)C(=O)c1ccc(Br)s1. The number of nitrogens with zero attached hydrogens (tertiary/aromatic N) is 1. The van der Waals surface area contributed by atoms with Gasteiger partial charge in [-0.2, -0.15) is 0 Å². The lowest BCUT2D eigenvalue weighted by molar-refractivity contribution is 0.0698. The zero-order chi connectivity index (χ0) is 12.4. The molecule has 0 spiro atoms. The molecule has 17 heavy (non-hydrogen) atoms. The molecule has 0 bridgehead atoms. The maximum atomic E-state index is 12.1. The minimum absolute atomic E-state index is 0.0415. The van der Waals surface area contributed by atoms with Crippen molar-refractivity contribution in [3.05, 3.63) is 20.8 Å². The van der Waals surface area contributed by atoms with Crippen LogP contribution >= 0.6 is 27.3 Å². The van der Waals surface area contributed by atoms with Gasteiger partial charge >= 0.3 is 0 Å². The first kappa shape index (κ1) is 13.1. The number of carbonyl (C=O) groups excluding carboxylic acids is 1. The molecule has 1 aromatic heterocycles. The standard InChI is InChI=1S/C12H16BrNO2S/c1-14(7-8-3-2-4-9(8)15)12(16)10-5-6-11(13)17-10/h5-6,8-9,15H,2-4,7H2,1H3. The number of hydrogen-bond donors (Lipinski definition) is 1. The Kier molecular flexibility index (Phi) is 4.22. The van der Waals surface area contributed by atoms with Crippen molar-refractivity contribution in [1.82, 2.24) is 4.90 Å². The van der Waals surface area contributed by atoms with E-state index < -0.39 is 0 Å². The summed E-state index contributed by atoms with van der Waals surface area (Å²) >= 11 is 4.80. The molecular formula is C12H16BrNO2S. The van der Waals surface area contributed by atoms with Crippen LogP contribution in [0.25, 0.3) is 0 Å². The van der Waals surface area contributed by atoms with E-state index in [0.717, 1.165) is 27.9 Å². The molecule has 0 saturated heterocycles. The second-order valence-electron chi connectivity index (χ2n) is 4.55. The summed E-state index contributed by atoms with van der Waals surface area (Å²) in [7, 11) is 1.81. The van der Waals surface area contributed by atoms with Crippen molar-refractivity contribution in [2.75, 3.05) is 13.6 Å². The average molecular weight is 318 g/mol. The van der Waals surface area contributed by atoms with Crippen LogP contribution < -0.4 is 0 Å². The van der Waals surface area contributed by atoms with Gasteiger partial charge in [0.05, 0.1) is 14.8 Å². The molecule has 2 atom stereocenters. The van der Waals surface area contributed by atoms with Crippen LogP contribution in [0.15, 0.2) is 15.9 Å². The van der Waals surface area contributed by atoms with E-state index in [0.29, 0.717) is 6.54 Å². The second-order valence-corrected chi connectivity index (χ2v) is 7.01. The van der Waals surface area contributed by atoms with Crippen molar-refractivity contribution in [2.45, 2.75) is 25.4 Å². The van der Waals surface area contributed by atoms with Gasteiger partial charge in [0.1, 0.15) is 0 Å². The Morgan fingerprint density at radius 2 is 2.35 bits per heavy atom. The maximum absolute atomic E-state index is 12.1. The van der Waals surface area contributed by atoms with Crippen LogP contribution in [0.1, 0.15) is 28.9 Å². The Hall–Kier alpha value is -0.390. The maximum Gasteiger partial charge on any atom is 0.263 e. The minimum Gasteiger partial charge on any atom is -0.393 e. The Morgan fingerprint density at radius 3 is 2.88 bits per heavy atom. The Balaban J connectivity index is 1.95. The van der Waals surface area contributed by atoms with Gasteiger partial charge in [-0.25, -0.2) is 0 Å². The number of hydrogen-bond acceptors (Lipinski definition) is 3. The Morgan fingerprint density at radius 1 is 1.59 bits per heavy atom. The molecule has 2 unspecified atom stereocenters. The lowest BCUT2D eigenvalue weighted by Gasteiger charge is -2.22. The third kappa shape index (κ3) is 3.09. The molecule has 5 heteroatoms. The number of rotatable bonds is 3. The second kappa shape index (κ2) is 5.50. The van der Waals surface area contributed by atoms with Crippen LogP contribution in [0.4, 0.5) is 0 Å². The molecule has 1 amide bonds. The summed E-state index contributed by atoms with van der Waals surface area (Å²) in [6.07, 6.45) is 2.73. The summed E-state index contributed by atoms with van der Waals surface area (Å²) in [5.74, 6) is 0.284. The number of thiophene rings is 1. The summed E-state index contributed by atoms with van der Waals surface area (Å²) in [4.78, 5) is 14.5. The summed E-state index contributed by atoms with van der Waals surface area (Å²) < 4.78 is 0.968. The lowest BCUT2D eigenvalue weighted by atomic mass is 10.1. The third-order valence-electron chi connectivity index (χ3n) is 3.26. The fourth-order valence-corrected chi connectivity index (χ4v) is 3.66. The van der Waals surface area contributed by atoms with Crippen molar-refractivity contribution in [3.8, 4) is 0 Å². The summed E-state index contributed by atoms with van der Waals surface area (Å²) in [5.41, 5.74) is 0. The van der Waals surface area contributed by atoms with E-state index in [4.69, 9.17) is 0 Å². The fourth-order valence-electron chi connectivity index (χ4n) is 2.28. The Bertz CT molecular complexity index is 407. The van der Waals surface area contributed by atoms with Gasteiger partial charge < -0.3 is 10.0 Å². The highest BCUT2D eigenvalue weighted by Gasteiger charge is 2.27. The lowest BCUT2D eigenvalue weighted by Crippen LogP contribution is -2.34. The van der Waals surface area contributed by atoms with Gasteiger partial charge in [-0.1, -0.05) is 6.42 Å².